The molecular weight excluding hydrogens is 509 g/mol. The van der Waals surface area contributed by atoms with E-state index in [2.05, 4.69) is 28.9 Å². The summed E-state index contributed by atoms with van der Waals surface area (Å²) in [6.45, 7) is 2.12. The number of benzene rings is 2. The number of hydrogen-bond acceptors (Lipinski definition) is 7. The molecular formula is C32H42FN3O4. The van der Waals surface area contributed by atoms with Crippen LogP contribution in [0.15, 0.2) is 59.6 Å². The monoisotopic (exact) mass is 551 g/mol. The van der Waals surface area contributed by atoms with Gasteiger partial charge in [-0.15, -0.1) is 0 Å². The zero-order valence-corrected chi connectivity index (χ0v) is 24.3. The van der Waals surface area contributed by atoms with Gasteiger partial charge in [0.05, 0.1) is 32.6 Å². The molecule has 1 saturated carbocycles. The highest BCUT2D eigenvalue weighted by molar-refractivity contribution is 5.87. The second-order valence-corrected chi connectivity index (χ2v) is 11.4. The van der Waals surface area contributed by atoms with E-state index < -0.39 is 11.5 Å². The van der Waals surface area contributed by atoms with Crippen LogP contribution in [-0.4, -0.2) is 68.0 Å². The predicted molar refractivity (Wildman–Crippen MR) is 153 cm³/mol. The van der Waals surface area contributed by atoms with Crippen LogP contribution in [0.3, 0.4) is 0 Å². The van der Waals surface area contributed by atoms with E-state index in [0.717, 1.165) is 36.8 Å². The molecule has 8 heteroatoms. The fourth-order valence-electron chi connectivity index (χ4n) is 6.96. The summed E-state index contributed by atoms with van der Waals surface area (Å²) in [7, 11) is 6.83. The Hall–Kier alpha value is -3.26. The average Bonchev–Trinajstić information content (AvgIpc) is 3.36. The molecule has 2 aromatic carbocycles. The predicted octanol–water partition coefficient (Wildman–Crippen LogP) is 5.57. The van der Waals surface area contributed by atoms with Crippen molar-refractivity contribution in [3.63, 3.8) is 0 Å². The quantitative estimate of drug-likeness (QED) is 0.360. The van der Waals surface area contributed by atoms with Crippen LogP contribution in [0.1, 0.15) is 68.7 Å². The molecule has 0 radical (unpaired) electrons. The summed E-state index contributed by atoms with van der Waals surface area (Å²) in [6.07, 6.45) is 5.71. The lowest BCUT2D eigenvalue weighted by atomic mass is 9.68. The summed E-state index contributed by atoms with van der Waals surface area (Å²) in [5.74, 6) is -0.525. The van der Waals surface area contributed by atoms with Gasteiger partial charge in [0.15, 0.2) is 5.54 Å². The van der Waals surface area contributed by atoms with E-state index in [4.69, 9.17) is 14.5 Å². The van der Waals surface area contributed by atoms with E-state index >= 15 is 0 Å². The molecule has 0 aromatic heterocycles. The summed E-state index contributed by atoms with van der Waals surface area (Å²) in [4.78, 5) is 34.9. The van der Waals surface area contributed by atoms with Crippen molar-refractivity contribution in [2.24, 2.45) is 16.8 Å². The number of carbonyl (C=O) groups excluding carboxylic acids is 2. The number of ether oxygens (including phenoxy) is 2. The number of rotatable bonds is 10. The van der Waals surface area contributed by atoms with E-state index in [1.807, 2.05) is 38.4 Å². The number of halogens is 1. The van der Waals surface area contributed by atoms with E-state index in [9.17, 15) is 14.0 Å². The molecule has 0 spiro atoms. The van der Waals surface area contributed by atoms with Gasteiger partial charge in [-0.05, 0) is 88.2 Å². The van der Waals surface area contributed by atoms with Gasteiger partial charge in [0.2, 0.25) is 0 Å². The van der Waals surface area contributed by atoms with E-state index in [1.54, 1.807) is 18.5 Å². The molecule has 0 saturated heterocycles. The van der Waals surface area contributed by atoms with Crippen molar-refractivity contribution < 1.29 is 23.5 Å². The Balaban J connectivity index is 1.64. The molecule has 216 valence electrons. The molecule has 1 fully saturated rings. The fourth-order valence-corrected chi connectivity index (χ4v) is 6.96. The zero-order chi connectivity index (χ0) is 28.9. The first kappa shape index (κ1) is 29.7. The van der Waals surface area contributed by atoms with Crippen LogP contribution in [0.4, 0.5) is 4.39 Å². The Bertz CT molecular complexity index is 1180. The van der Waals surface area contributed by atoms with Crippen molar-refractivity contribution >= 4 is 18.3 Å². The number of aliphatic imine (C=N–C) groups is 1. The second-order valence-electron chi connectivity index (χ2n) is 11.4. The van der Waals surface area contributed by atoms with Crippen molar-refractivity contribution in [3.8, 4) is 0 Å². The Morgan fingerprint density at radius 3 is 2.30 bits per heavy atom. The number of carbonyl (C=O) groups is 2. The molecule has 1 heterocycles. The topological polar surface area (TPSA) is 71.4 Å². The lowest BCUT2D eigenvalue weighted by molar-refractivity contribution is -0.151. The fraction of sp³-hybridized carbons (Fsp3) is 0.531. The zero-order valence-electron chi connectivity index (χ0n) is 24.3. The van der Waals surface area contributed by atoms with Gasteiger partial charge in [0, 0.05) is 12.5 Å². The first-order valence-corrected chi connectivity index (χ1v) is 14.2. The van der Waals surface area contributed by atoms with E-state index in [-0.39, 0.29) is 48.7 Å². The van der Waals surface area contributed by atoms with Crippen molar-refractivity contribution in [3.05, 3.63) is 71.5 Å². The van der Waals surface area contributed by atoms with Crippen molar-refractivity contribution in [1.29, 1.82) is 0 Å². The maximum absolute atomic E-state index is 14.1. The molecule has 7 nitrogen and oxygen atoms in total. The highest BCUT2D eigenvalue weighted by Crippen LogP contribution is 2.47. The maximum Gasteiger partial charge on any atom is 0.336 e. The smallest absolute Gasteiger partial charge is 0.336 e. The van der Waals surface area contributed by atoms with Gasteiger partial charge in [0.25, 0.3) is 0 Å². The van der Waals surface area contributed by atoms with Gasteiger partial charge in [-0.2, -0.15) is 0 Å². The van der Waals surface area contributed by atoms with E-state index in [1.165, 1.54) is 20.3 Å². The highest BCUT2D eigenvalue weighted by Gasteiger charge is 2.56. The minimum Gasteiger partial charge on any atom is -0.469 e. The normalized spacial score (nSPS) is 26.0. The Labute approximate surface area is 237 Å². The Kier molecular flexibility index (Phi) is 9.61. The SMILES string of the molecule is COC(=O)CCC1(C(=O)OC)N=CN(C(C)c2ccccc2)C1C1CCC(C(c2cccc(F)c2)N(C)C)CC1. The van der Waals surface area contributed by atoms with Crippen LogP contribution in [-0.2, 0) is 19.1 Å². The summed E-state index contributed by atoms with van der Waals surface area (Å²) in [6, 6.07) is 16.9. The first-order chi connectivity index (χ1) is 19.2. The molecule has 0 bridgehead atoms. The van der Waals surface area contributed by atoms with Crippen LogP contribution >= 0.6 is 0 Å². The number of nitrogens with zero attached hydrogens (tertiary/aromatic N) is 3. The number of methoxy groups -OCH3 is 2. The minimum absolute atomic E-state index is 0.0286. The molecule has 1 aliphatic carbocycles. The highest BCUT2D eigenvalue weighted by atomic mass is 19.1. The van der Waals surface area contributed by atoms with Crippen molar-refractivity contribution in [1.82, 2.24) is 9.80 Å². The first-order valence-electron chi connectivity index (χ1n) is 14.2. The van der Waals surface area contributed by atoms with Crippen LogP contribution in [0.2, 0.25) is 0 Å². The minimum atomic E-state index is -1.20. The molecule has 40 heavy (non-hydrogen) atoms. The third-order valence-corrected chi connectivity index (χ3v) is 8.89. The van der Waals surface area contributed by atoms with Gasteiger partial charge in [-0.25, -0.2) is 9.18 Å². The third kappa shape index (κ3) is 6.07. The molecule has 2 aromatic rings. The van der Waals surface area contributed by atoms with Gasteiger partial charge in [0.1, 0.15) is 5.82 Å². The molecule has 0 amide bonds. The Morgan fingerprint density at radius 1 is 1.02 bits per heavy atom. The standard InChI is InChI=1S/C32H42FN3O4/c1-22(23-10-7-6-8-11-23)36-21-34-32(31(38)40-5,19-18-28(37)39-4)30(36)25-16-14-24(15-17-25)29(35(2)3)26-12-9-13-27(33)20-26/h6-13,20-22,24-25,29-30H,14-19H2,1-5H3. The van der Waals surface area contributed by atoms with Crippen molar-refractivity contribution in [2.75, 3.05) is 28.3 Å². The van der Waals surface area contributed by atoms with Crippen molar-refractivity contribution in [2.45, 2.75) is 69.1 Å². The molecule has 4 unspecified atom stereocenters. The molecule has 1 aliphatic heterocycles. The molecule has 4 rings (SSSR count). The van der Waals surface area contributed by atoms with E-state index in [0.29, 0.717) is 5.92 Å². The van der Waals surface area contributed by atoms with Crippen LogP contribution in [0, 0.1) is 17.7 Å². The maximum atomic E-state index is 14.1. The number of hydrogen-bond donors (Lipinski definition) is 0. The second kappa shape index (κ2) is 12.9. The number of esters is 2. The summed E-state index contributed by atoms with van der Waals surface area (Å²) in [5.41, 5.74) is 0.909. The lowest BCUT2D eigenvalue weighted by Crippen LogP contribution is -2.56. The van der Waals surface area contributed by atoms with Gasteiger partial charge >= 0.3 is 11.9 Å². The average molecular weight is 552 g/mol. The van der Waals surface area contributed by atoms with Crippen LogP contribution in [0.5, 0.6) is 0 Å². The van der Waals surface area contributed by atoms with Crippen LogP contribution < -0.4 is 0 Å². The van der Waals surface area contributed by atoms with Crippen LogP contribution in [0.25, 0.3) is 0 Å². The summed E-state index contributed by atoms with van der Waals surface area (Å²) in [5, 5.41) is 0. The van der Waals surface area contributed by atoms with Gasteiger partial charge in [-0.3, -0.25) is 9.79 Å². The lowest BCUT2D eigenvalue weighted by Gasteiger charge is -2.46. The molecule has 2 aliphatic rings. The van der Waals surface area contributed by atoms with Gasteiger partial charge in [-0.1, -0.05) is 42.5 Å². The largest absolute Gasteiger partial charge is 0.469 e. The summed E-state index contributed by atoms with van der Waals surface area (Å²) >= 11 is 0. The van der Waals surface area contributed by atoms with Gasteiger partial charge < -0.3 is 19.3 Å². The molecule has 0 N–H and O–H groups in total. The molecule has 4 atom stereocenters. The summed E-state index contributed by atoms with van der Waals surface area (Å²) < 4.78 is 24.4. The Morgan fingerprint density at radius 2 is 1.70 bits per heavy atom. The third-order valence-electron chi connectivity index (χ3n) is 8.89.